The molecule has 0 aliphatic carbocycles. The van der Waals surface area contributed by atoms with Crippen molar-refractivity contribution in [3.8, 4) is 12.3 Å². The van der Waals surface area contributed by atoms with Crippen molar-refractivity contribution in [3.05, 3.63) is 29.2 Å². The number of aromatic nitrogens is 3. The maximum absolute atomic E-state index is 11.9. The summed E-state index contributed by atoms with van der Waals surface area (Å²) in [5.41, 5.74) is 11.1. The molecule has 0 aromatic carbocycles. The van der Waals surface area contributed by atoms with Crippen LogP contribution in [0.4, 0.5) is 5.95 Å². The average Bonchev–Trinajstić information content (AvgIpc) is 2.99. The molecule has 0 spiro atoms. The van der Waals surface area contributed by atoms with Gasteiger partial charge < -0.3 is 21.1 Å². The molecule has 0 saturated carbocycles. The van der Waals surface area contributed by atoms with Gasteiger partial charge in [0.2, 0.25) is 5.95 Å². The Bertz CT molecular complexity index is 814. The van der Waals surface area contributed by atoms with Crippen molar-refractivity contribution >= 4 is 22.7 Å². The Morgan fingerprint density at radius 3 is 2.79 bits per heavy atom. The molecule has 0 aliphatic heterocycles. The number of aliphatic hydroxyl groups excluding tert-OH is 1. The quantitative estimate of drug-likeness (QED) is 0.612. The Morgan fingerprint density at radius 1 is 1.62 bits per heavy atom. The number of fused-ring (bicyclic) bond motifs is 1. The SMILES string of the molecule is C#CC(N)(CC(C)CO)C(=C)n1ccc2c(=O)[nH]c(N)nc21.CC. The Kier molecular flexibility index (Phi) is 6.35. The van der Waals surface area contributed by atoms with Gasteiger partial charge in [-0.2, -0.15) is 4.98 Å². The molecule has 2 aromatic rings. The highest BCUT2D eigenvalue weighted by molar-refractivity contribution is 5.81. The summed E-state index contributed by atoms with van der Waals surface area (Å²) in [7, 11) is 0. The maximum atomic E-state index is 11.9. The van der Waals surface area contributed by atoms with E-state index in [2.05, 4.69) is 22.5 Å². The molecule has 7 nitrogen and oxygen atoms in total. The zero-order valence-corrected chi connectivity index (χ0v) is 14.3. The second-order valence-electron chi connectivity index (χ2n) is 5.43. The van der Waals surface area contributed by atoms with Gasteiger partial charge in [0.1, 0.15) is 5.54 Å². The van der Waals surface area contributed by atoms with E-state index in [1.807, 2.05) is 20.8 Å². The number of aliphatic hydroxyl groups is 1. The van der Waals surface area contributed by atoms with Gasteiger partial charge in [0.05, 0.1) is 5.39 Å². The van der Waals surface area contributed by atoms with Crippen LogP contribution in [0.15, 0.2) is 23.6 Å². The van der Waals surface area contributed by atoms with Crippen LogP contribution in [0.5, 0.6) is 0 Å². The van der Waals surface area contributed by atoms with E-state index in [0.29, 0.717) is 23.2 Å². The number of nitrogens with zero attached hydrogens (tertiary/aromatic N) is 2. The van der Waals surface area contributed by atoms with E-state index in [1.165, 1.54) is 0 Å². The number of nitrogen functional groups attached to an aromatic ring is 1. The first kappa shape index (κ1) is 19.5. The summed E-state index contributed by atoms with van der Waals surface area (Å²) in [5.74, 6) is 2.43. The zero-order valence-electron chi connectivity index (χ0n) is 14.3. The number of rotatable bonds is 5. The van der Waals surface area contributed by atoms with E-state index in [4.69, 9.17) is 17.9 Å². The van der Waals surface area contributed by atoms with Crippen molar-refractivity contribution < 1.29 is 5.11 Å². The smallest absolute Gasteiger partial charge is 0.261 e. The van der Waals surface area contributed by atoms with Crippen LogP contribution in [0.1, 0.15) is 27.2 Å². The number of anilines is 1. The van der Waals surface area contributed by atoms with Crippen LogP contribution >= 0.6 is 0 Å². The van der Waals surface area contributed by atoms with Crippen LogP contribution in [0, 0.1) is 18.3 Å². The molecule has 7 heteroatoms. The van der Waals surface area contributed by atoms with Crippen molar-refractivity contribution in [2.24, 2.45) is 11.7 Å². The summed E-state index contributed by atoms with van der Waals surface area (Å²) in [4.78, 5) is 18.4. The molecule has 0 radical (unpaired) electrons. The van der Waals surface area contributed by atoms with E-state index in [1.54, 1.807) is 16.8 Å². The van der Waals surface area contributed by atoms with E-state index in [0.717, 1.165) is 0 Å². The molecule has 24 heavy (non-hydrogen) atoms. The van der Waals surface area contributed by atoms with Crippen molar-refractivity contribution in [1.29, 1.82) is 0 Å². The van der Waals surface area contributed by atoms with Crippen molar-refractivity contribution in [1.82, 2.24) is 14.5 Å². The topological polar surface area (TPSA) is 123 Å². The van der Waals surface area contributed by atoms with E-state index < -0.39 is 5.54 Å². The first-order valence-corrected chi connectivity index (χ1v) is 7.76. The molecule has 0 bridgehead atoms. The summed E-state index contributed by atoms with van der Waals surface area (Å²) in [5, 5.41) is 9.58. The van der Waals surface area contributed by atoms with Crippen molar-refractivity contribution in [2.45, 2.75) is 32.7 Å². The van der Waals surface area contributed by atoms with Crippen LogP contribution in [0.3, 0.4) is 0 Å². The highest BCUT2D eigenvalue weighted by Gasteiger charge is 2.30. The normalized spacial score (nSPS) is 14.2. The van der Waals surface area contributed by atoms with Crippen LogP contribution in [0.2, 0.25) is 0 Å². The Labute approximate surface area is 141 Å². The summed E-state index contributed by atoms with van der Waals surface area (Å²) in [6.07, 6.45) is 7.54. The van der Waals surface area contributed by atoms with Gasteiger partial charge in [-0.25, -0.2) is 0 Å². The summed E-state index contributed by atoms with van der Waals surface area (Å²) < 4.78 is 1.56. The van der Waals surface area contributed by atoms with Gasteiger partial charge in [0, 0.05) is 18.5 Å². The number of hydrogen-bond acceptors (Lipinski definition) is 5. The van der Waals surface area contributed by atoms with Gasteiger partial charge in [-0.1, -0.05) is 33.3 Å². The fourth-order valence-corrected chi connectivity index (χ4v) is 2.35. The lowest BCUT2D eigenvalue weighted by Gasteiger charge is -2.29. The predicted octanol–water partition coefficient (Wildman–Crippen LogP) is 1.15. The number of aromatic amines is 1. The van der Waals surface area contributed by atoms with Gasteiger partial charge in [-0.05, 0) is 18.4 Å². The standard InChI is InChI=1S/C15H19N5O2.C2H6/c1-4-15(17,7-9(2)8-21)10(3)20-6-5-11-12(20)18-14(16)19-13(11)22;1-2/h1,5-6,9,21H,3,7-8,17H2,2H3,(H3,16,18,19,22);1-2H3. The molecule has 6 N–H and O–H groups in total. The van der Waals surface area contributed by atoms with Gasteiger partial charge in [-0.15, -0.1) is 6.42 Å². The molecule has 2 atom stereocenters. The Morgan fingerprint density at radius 2 is 2.25 bits per heavy atom. The second-order valence-corrected chi connectivity index (χ2v) is 5.43. The first-order chi connectivity index (χ1) is 11.3. The third-order valence-electron chi connectivity index (χ3n) is 3.62. The lowest BCUT2D eigenvalue weighted by Crippen LogP contribution is -2.43. The molecule has 0 aliphatic rings. The van der Waals surface area contributed by atoms with Gasteiger partial charge >= 0.3 is 0 Å². The minimum absolute atomic E-state index is 0.00250. The lowest BCUT2D eigenvalue weighted by atomic mass is 9.87. The van der Waals surface area contributed by atoms with Crippen LogP contribution < -0.4 is 17.0 Å². The summed E-state index contributed by atoms with van der Waals surface area (Å²) in [6.45, 7) is 9.76. The molecule has 130 valence electrons. The van der Waals surface area contributed by atoms with Gasteiger partial charge in [-0.3, -0.25) is 9.78 Å². The third-order valence-corrected chi connectivity index (χ3v) is 3.62. The third kappa shape index (κ3) is 3.67. The van der Waals surface area contributed by atoms with Gasteiger partial charge in [0.25, 0.3) is 5.56 Å². The van der Waals surface area contributed by atoms with Crippen LogP contribution in [-0.4, -0.2) is 31.8 Å². The number of H-pyrrole nitrogens is 1. The van der Waals surface area contributed by atoms with Crippen LogP contribution in [0.25, 0.3) is 16.7 Å². The largest absolute Gasteiger partial charge is 0.396 e. The highest BCUT2D eigenvalue weighted by Crippen LogP contribution is 2.27. The molecule has 2 heterocycles. The van der Waals surface area contributed by atoms with E-state index in [-0.39, 0.29) is 24.0 Å². The molecule has 0 amide bonds. The maximum Gasteiger partial charge on any atom is 0.261 e. The fraction of sp³-hybridized carbons (Fsp3) is 0.412. The van der Waals surface area contributed by atoms with E-state index >= 15 is 0 Å². The number of nitrogens with one attached hydrogen (secondary N) is 1. The summed E-state index contributed by atoms with van der Waals surface area (Å²) in [6, 6.07) is 1.60. The van der Waals surface area contributed by atoms with Crippen LogP contribution in [-0.2, 0) is 0 Å². The monoisotopic (exact) mass is 331 g/mol. The molecule has 2 rings (SSSR count). The van der Waals surface area contributed by atoms with E-state index in [9.17, 15) is 9.90 Å². The molecular weight excluding hydrogens is 306 g/mol. The van der Waals surface area contributed by atoms with Crippen molar-refractivity contribution in [2.75, 3.05) is 12.3 Å². The second kappa shape index (κ2) is 7.81. The predicted molar refractivity (Wildman–Crippen MR) is 98.1 cm³/mol. The highest BCUT2D eigenvalue weighted by atomic mass is 16.3. The number of nitrogens with two attached hydrogens (primary N) is 2. The first-order valence-electron chi connectivity index (χ1n) is 7.76. The molecule has 2 unspecified atom stereocenters. The molecule has 0 fully saturated rings. The molecular formula is C17H25N5O2. The molecule has 2 aromatic heterocycles. The zero-order chi connectivity index (χ0) is 18.5. The summed E-state index contributed by atoms with van der Waals surface area (Å²) >= 11 is 0. The Hall–Kier alpha value is -2.56. The minimum atomic E-state index is -1.17. The minimum Gasteiger partial charge on any atom is -0.396 e. The molecule has 0 saturated heterocycles. The number of terminal acetylenes is 1. The van der Waals surface area contributed by atoms with Gasteiger partial charge in [0.15, 0.2) is 5.65 Å². The Balaban J connectivity index is 0.00000139. The van der Waals surface area contributed by atoms with Crippen molar-refractivity contribution in [3.63, 3.8) is 0 Å². The number of hydrogen-bond donors (Lipinski definition) is 4. The fourth-order valence-electron chi connectivity index (χ4n) is 2.35. The average molecular weight is 331 g/mol. The lowest BCUT2D eigenvalue weighted by molar-refractivity contribution is 0.221.